The van der Waals surface area contributed by atoms with Gasteiger partial charge in [0.25, 0.3) is 0 Å². The lowest BCUT2D eigenvalue weighted by Gasteiger charge is -2.42. The molecule has 6 unspecified atom stereocenters. The van der Waals surface area contributed by atoms with Crippen molar-refractivity contribution < 1.29 is 79.2 Å². The van der Waals surface area contributed by atoms with Crippen molar-refractivity contribution in [3.63, 3.8) is 0 Å². The molecule has 0 radical (unpaired) electrons. The van der Waals surface area contributed by atoms with E-state index in [1.165, 1.54) is 0 Å². The Labute approximate surface area is 188 Å². The Morgan fingerprint density at radius 1 is 1.03 bits per heavy atom. The fraction of sp³-hybridized carbons (Fsp3) is 0.929. The zero-order valence-electron chi connectivity index (χ0n) is 16.6. The number of aliphatic carboxylic acids is 1. The molecule has 196 valence electrons. The van der Waals surface area contributed by atoms with E-state index in [1.54, 1.807) is 0 Å². The van der Waals surface area contributed by atoms with Crippen LogP contribution in [0.25, 0.3) is 0 Å². The average Bonchev–Trinajstić information content (AvgIpc) is 3.04. The quantitative estimate of drug-likeness (QED) is 0.137. The Hall–Kier alpha value is -1.07. The maximum absolute atomic E-state index is 10.8. The predicted molar refractivity (Wildman–Crippen MR) is 93.7 cm³/mol. The molecule has 5 N–H and O–H groups in total. The number of aliphatic hydroxyl groups excluding tert-OH is 5. The number of hydrogen-bond donors (Lipinski definition) is 5. The minimum absolute atomic E-state index is 0.140. The first-order valence-electron chi connectivity index (χ1n) is 9.11. The molecule has 33 heavy (non-hydrogen) atoms. The molecule has 0 aliphatic carbocycles. The number of rotatable bonds is 9. The van der Waals surface area contributed by atoms with E-state index in [2.05, 4.69) is 13.1 Å². The van der Waals surface area contributed by atoms with Crippen LogP contribution in [-0.2, 0) is 43.4 Å². The topological polar surface area (TPSA) is 293 Å². The molecule has 0 bridgehead atoms. The molecule has 2 saturated heterocycles. The average molecular weight is 527 g/mol. The lowest BCUT2D eigenvalue weighted by molar-refractivity contribution is -0.340. The zero-order valence-corrected chi connectivity index (χ0v) is 18.2. The molecule has 0 saturated carbocycles. The third-order valence-electron chi connectivity index (χ3n) is 4.53. The van der Waals surface area contributed by atoms with Gasteiger partial charge in [-0.1, -0.05) is 0 Å². The molecule has 17 nitrogen and oxygen atoms in total. The molecule has 2 aliphatic rings. The van der Waals surface area contributed by atoms with Crippen molar-refractivity contribution in [1.82, 2.24) is 0 Å². The maximum atomic E-state index is 10.8. The van der Waals surface area contributed by atoms with Gasteiger partial charge >= 0.3 is 0 Å². The fourth-order valence-electron chi connectivity index (χ4n) is 3.11. The molecule has 19 heteroatoms. The number of ether oxygens (including phenoxy) is 2. The largest absolute Gasteiger partial charge is 0.726 e. The summed E-state index contributed by atoms with van der Waals surface area (Å²) in [4.78, 5) is 10.8. The Morgan fingerprint density at radius 3 is 2.06 bits per heavy atom. The first-order chi connectivity index (χ1) is 15.1. The summed E-state index contributed by atoms with van der Waals surface area (Å²) >= 11 is 0. The van der Waals surface area contributed by atoms with Gasteiger partial charge < -0.3 is 54.0 Å². The highest BCUT2D eigenvalue weighted by Crippen LogP contribution is 2.30. The minimum Gasteiger partial charge on any atom is -0.726 e. The van der Waals surface area contributed by atoms with E-state index in [1.807, 2.05) is 0 Å². The molecule has 2 aliphatic heterocycles. The van der Waals surface area contributed by atoms with Crippen molar-refractivity contribution in [2.45, 2.75) is 55.8 Å². The molecular weight excluding hydrogens is 504 g/mol. The van der Waals surface area contributed by atoms with Crippen LogP contribution in [0.4, 0.5) is 0 Å². The van der Waals surface area contributed by atoms with Gasteiger partial charge in [0, 0.05) is 18.9 Å². The van der Waals surface area contributed by atoms with Crippen LogP contribution >= 0.6 is 0 Å². The summed E-state index contributed by atoms with van der Waals surface area (Å²) in [5, 5.41) is 56.5. The number of carboxylic acids is 1. The van der Waals surface area contributed by atoms with Crippen molar-refractivity contribution in [1.29, 1.82) is 0 Å². The standard InChI is InChI=1S/C8H14O10S.C6H12O7S/c9-2-1-3-4(10)6(18-19(14,15)16)8(13)17-5(3)7(11)12;7-2-6-5(8)1-4(13-6)3-12-14(9,10)11/h3-6,8-10,13H,1-2H2,(H,11,12)(H,14,15,16);4-8H,1-3H2,(H,9,10,11)/p-3/t3-,4+,5?,6?,8?;/m0./s1. The van der Waals surface area contributed by atoms with Gasteiger partial charge in [-0.25, -0.2) is 16.8 Å². The fourth-order valence-corrected chi connectivity index (χ4v) is 3.91. The second-order valence-electron chi connectivity index (χ2n) is 6.88. The van der Waals surface area contributed by atoms with Gasteiger partial charge in [0.15, 0.2) is 12.4 Å². The molecule has 2 rings (SSSR count). The second-order valence-corrected chi connectivity index (χ2v) is 8.94. The van der Waals surface area contributed by atoms with Gasteiger partial charge in [-0.2, -0.15) is 0 Å². The van der Waals surface area contributed by atoms with Gasteiger partial charge in [-0.15, -0.1) is 0 Å². The highest BCUT2D eigenvalue weighted by Gasteiger charge is 2.46. The van der Waals surface area contributed by atoms with Crippen LogP contribution in [0.1, 0.15) is 12.8 Å². The molecule has 0 aromatic rings. The summed E-state index contributed by atoms with van der Waals surface area (Å²) in [6, 6.07) is 0. The third-order valence-corrected chi connectivity index (χ3v) is 5.42. The molecule has 0 amide bonds. The number of hydrogen-bond acceptors (Lipinski definition) is 17. The van der Waals surface area contributed by atoms with Crippen LogP contribution < -0.4 is 5.11 Å². The summed E-state index contributed by atoms with van der Waals surface area (Å²) in [7, 11) is -9.97. The third kappa shape index (κ3) is 9.98. The SMILES string of the molecule is O=C([O-])C1OC(O)C(OS(=O)(=O)[O-])[C@H](O)[C@@H]1CCO.O=S(=O)([O-])OCC1CC(O)C(CO)O1. The van der Waals surface area contributed by atoms with Gasteiger partial charge in [0.05, 0.1) is 37.5 Å². The normalized spacial score (nSPS) is 35.0. The molecule has 2 fully saturated rings. The summed E-state index contributed by atoms with van der Waals surface area (Å²) in [5.41, 5.74) is 0. The van der Waals surface area contributed by atoms with Crippen LogP contribution in [0.15, 0.2) is 0 Å². The minimum atomic E-state index is -5.24. The summed E-state index contributed by atoms with van der Waals surface area (Å²) in [6.07, 6.45) is -10.2. The number of carbonyl (C=O) groups is 1. The number of carboxylic acid groups (broad SMARTS) is 1. The van der Waals surface area contributed by atoms with Crippen LogP contribution in [-0.4, -0.2) is 120 Å². The zero-order chi connectivity index (χ0) is 25.6. The predicted octanol–water partition coefficient (Wildman–Crippen LogP) is -6.37. The van der Waals surface area contributed by atoms with Crippen molar-refractivity contribution in [2.75, 3.05) is 19.8 Å². The van der Waals surface area contributed by atoms with E-state index in [0.717, 1.165) is 0 Å². The maximum Gasteiger partial charge on any atom is 0.218 e. The van der Waals surface area contributed by atoms with Gasteiger partial charge in [0.2, 0.25) is 20.8 Å². The van der Waals surface area contributed by atoms with Gasteiger partial charge in [-0.3, -0.25) is 8.37 Å². The summed E-state index contributed by atoms with van der Waals surface area (Å²) in [6.45, 7) is -1.33. The highest BCUT2D eigenvalue weighted by atomic mass is 32.3. The Balaban J connectivity index is 0.000000346. The summed E-state index contributed by atoms with van der Waals surface area (Å²) in [5.74, 6) is -3.06. The Morgan fingerprint density at radius 2 is 1.64 bits per heavy atom. The number of carbonyl (C=O) groups excluding carboxylic acids is 1. The van der Waals surface area contributed by atoms with E-state index < -0.39 is 88.8 Å². The van der Waals surface area contributed by atoms with Crippen molar-refractivity contribution in [3.05, 3.63) is 0 Å². The van der Waals surface area contributed by atoms with Crippen molar-refractivity contribution in [2.24, 2.45) is 5.92 Å². The van der Waals surface area contributed by atoms with Crippen LogP contribution in [0.5, 0.6) is 0 Å². The van der Waals surface area contributed by atoms with E-state index >= 15 is 0 Å². The lowest BCUT2D eigenvalue weighted by atomic mass is 9.86. The van der Waals surface area contributed by atoms with E-state index in [9.17, 15) is 51.2 Å². The van der Waals surface area contributed by atoms with Crippen molar-refractivity contribution >= 4 is 26.8 Å². The number of aliphatic hydroxyl groups is 5. The molecule has 0 spiro atoms. The molecule has 0 aromatic carbocycles. The monoisotopic (exact) mass is 527 g/mol. The van der Waals surface area contributed by atoms with E-state index in [4.69, 9.17) is 14.9 Å². The van der Waals surface area contributed by atoms with Crippen molar-refractivity contribution in [3.8, 4) is 0 Å². The molecule has 0 aromatic heterocycles. The van der Waals surface area contributed by atoms with Crippen LogP contribution in [0.3, 0.4) is 0 Å². The highest BCUT2D eigenvalue weighted by molar-refractivity contribution is 7.81. The molecular formula is C14H23O17S2-3. The lowest BCUT2D eigenvalue weighted by Crippen LogP contribution is -2.60. The second kappa shape index (κ2) is 12.6. The molecule has 2 heterocycles. The first-order valence-corrected chi connectivity index (χ1v) is 11.8. The van der Waals surface area contributed by atoms with Crippen LogP contribution in [0.2, 0.25) is 0 Å². The first kappa shape index (κ1) is 30.0. The van der Waals surface area contributed by atoms with E-state index in [0.29, 0.717) is 0 Å². The van der Waals surface area contributed by atoms with E-state index in [-0.39, 0.29) is 19.4 Å². The van der Waals surface area contributed by atoms with Crippen LogP contribution in [0, 0.1) is 5.92 Å². The van der Waals surface area contributed by atoms with Gasteiger partial charge in [-0.05, 0) is 6.42 Å². The smallest absolute Gasteiger partial charge is 0.218 e. The molecule has 8 atom stereocenters. The Bertz CT molecular complexity index is 829. The Kier molecular flexibility index (Phi) is 11.4. The van der Waals surface area contributed by atoms with Gasteiger partial charge in [0.1, 0.15) is 12.2 Å². The summed E-state index contributed by atoms with van der Waals surface area (Å²) < 4.78 is 78.9.